The Morgan fingerprint density at radius 2 is 2.12 bits per heavy atom. The van der Waals surface area contributed by atoms with Crippen molar-refractivity contribution in [3.05, 3.63) is 52.5 Å². The van der Waals surface area contributed by atoms with Gasteiger partial charge >= 0.3 is 0 Å². The van der Waals surface area contributed by atoms with Crippen molar-refractivity contribution in [3.8, 4) is 6.07 Å². The number of nitriles is 1. The highest BCUT2D eigenvalue weighted by molar-refractivity contribution is 7.13. The largest absolute Gasteiger partial charge is 0.394 e. The number of aryl methyl sites for hydroxylation is 1. The monoisotopic (exact) mass is 339 g/mol. The summed E-state index contributed by atoms with van der Waals surface area (Å²) in [5.41, 5.74) is 3.26. The highest BCUT2D eigenvalue weighted by Gasteiger charge is 2.50. The highest BCUT2D eigenvalue weighted by Crippen LogP contribution is 2.44. The van der Waals surface area contributed by atoms with Gasteiger partial charge in [-0.15, -0.1) is 11.3 Å². The van der Waals surface area contributed by atoms with Gasteiger partial charge < -0.3 is 10.0 Å². The molecule has 1 aromatic heterocycles. The lowest BCUT2D eigenvalue weighted by molar-refractivity contribution is 0.187. The molecule has 0 unspecified atom stereocenters. The number of aromatic nitrogens is 1. The molecule has 1 fully saturated rings. The predicted molar refractivity (Wildman–Crippen MR) is 98.1 cm³/mol. The molecule has 0 aliphatic carbocycles. The first-order valence-corrected chi connectivity index (χ1v) is 9.07. The molecule has 1 N–H and O–H groups in total. The third-order valence-electron chi connectivity index (χ3n) is 4.53. The van der Waals surface area contributed by atoms with E-state index >= 15 is 0 Å². The summed E-state index contributed by atoms with van der Waals surface area (Å²) in [5.74, 6) is 0.00799. The van der Waals surface area contributed by atoms with Crippen molar-refractivity contribution in [3.63, 3.8) is 0 Å². The molecular weight excluding hydrogens is 318 g/mol. The van der Waals surface area contributed by atoms with Crippen molar-refractivity contribution < 1.29 is 5.11 Å². The van der Waals surface area contributed by atoms with Crippen molar-refractivity contribution >= 4 is 22.5 Å². The second-order valence-corrected chi connectivity index (χ2v) is 6.74. The first kappa shape index (κ1) is 16.7. The molecule has 5 heteroatoms. The summed E-state index contributed by atoms with van der Waals surface area (Å²) in [6, 6.07) is 10.2. The Kier molecular flexibility index (Phi) is 4.98. The van der Waals surface area contributed by atoms with Crippen LogP contribution in [0.25, 0.3) is 6.08 Å². The number of aliphatic hydroxyl groups is 1. The van der Waals surface area contributed by atoms with Gasteiger partial charge in [-0.2, -0.15) is 5.26 Å². The average Bonchev–Trinajstić information content (AvgIpc) is 3.05. The molecule has 24 heavy (non-hydrogen) atoms. The number of benzene rings is 1. The minimum absolute atomic E-state index is 0.00799. The topological polar surface area (TPSA) is 60.1 Å². The van der Waals surface area contributed by atoms with Crippen molar-refractivity contribution in [2.24, 2.45) is 0 Å². The summed E-state index contributed by atoms with van der Waals surface area (Å²) in [6.07, 6.45) is 4.92. The third-order valence-corrected chi connectivity index (χ3v) is 5.44. The van der Waals surface area contributed by atoms with Gasteiger partial charge in [-0.05, 0) is 24.5 Å². The summed E-state index contributed by atoms with van der Waals surface area (Å²) < 4.78 is 0. The van der Waals surface area contributed by atoms with E-state index in [1.807, 2.05) is 29.4 Å². The molecule has 0 amide bonds. The molecule has 0 radical (unpaired) electrons. The third kappa shape index (κ3) is 2.83. The van der Waals surface area contributed by atoms with Gasteiger partial charge in [-0.3, -0.25) is 0 Å². The minimum Gasteiger partial charge on any atom is -0.394 e. The standard InChI is InChI=1S/C19H21N3OS/c1-3-5-13-6-8-14(9-7-13)18-16(10-20)22(17(18)11-23)19-21-15(4-2)12-24-19/h3,5-9,12,16-18,23H,4,11H2,1-2H3/t16-,17+,18+/m0/s1. The lowest BCUT2D eigenvalue weighted by atomic mass is 9.76. The Bertz CT molecular complexity index is 760. The van der Waals surface area contributed by atoms with Crippen LogP contribution in [-0.2, 0) is 6.42 Å². The van der Waals surface area contributed by atoms with Crippen LogP contribution in [0.15, 0.2) is 35.7 Å². The van der Waals surface area contributed by atoms with Gasteiger partial charge in [0.05, 0.1) is 24.4 Å². The van der Waals surface area contributed by atoms with Crippen LogP contribution >= 0.6 is 11.3 Å². The number of anilines is 1. The number of hydrogen-bond acceptors (Lipinski definition) is 5. The fraction of sp³-hybridized carbons (Fsp3) is 0.368. The van der Waals surface area contributed by atoms with Crippen LogP contribution < -0.4 is 4.90 Å². The van der Waals surface area contributed by atoms with Crippen molar-refractivity contribution in [2.45, 2.75) is 38.3 Å². The van der Waals surface area contributed by atoms with Crippen molar-refractivity contribution in [1.82, 2.24) is 4.98 Å². The Labute approximate surface area is 146 Å². The zero-order valence-corrected chi connectivity index (χ0v) is 14.7. The lowest BCUT2D eigenvalue weighted by Crippen LogP contribution is -2.63. The lowest BCUT2D eigenvalue weighted by Gasteiger charge is -2.51. The van der Waals surface area contributed by atoms with Gasteiger partial charge in [0.2, 0.25) is 0 Å². The Morgan fingerprint density at radius 3 is 2.67 bits per heavy atom. The number of thiazole rings is 1. The molecule has 1 aromatic carbocycles. The van der Waals surface area contributed by atoms with Crippen LogP contribution in [0.4, 0.5) is 5.13 Å². The smallest absolute Gasteiger partial charge is 0.186 e. The molecular formula is C19H21N3OS. The number of nitrogens with zero attached hydrogens (tertiary/aromatic N) is 3. The molecule has 1 saturated heterocycles. The van der Waals surface area contributed by atoms with Crippen LogP contribution in [0.2, 0.25) is 0 Å². The number of hydrogen-bond donors (Lipinski definition) is 1. The quantitative estimate of drug-likeness (QED) is 0.904. The van der Waals surface area contributed by atoms with Gasteiger partial charge in [0, 0.05) is 11.3 Å². The zero-order chi connectivity index (χ0) is 17.1. The van der Waals surface area contributed by atoms with E-state index < -0.39 is 0 Å². The second-order valence-electron chi connectivity index (χ2n) is 5.90. The number of rotatable bonds is 5. The normalized spacial score (nSPS) is 23.2. The van der Waals surface area contributed by atoms with E-state index in [1.54, 1.807) is 11.3 Å². The molecule has 3 atom stereocenters. The fourth-order valence-electron chi connectivity index (χ4n) is 3.27. The molecule has 1 aliphatic heterocycles. The molecule has 124 valence electrons. The Hall–Kier alpha value is -2.16. The maximum atomic E-state index is 9.88. The molecule has 1 aliphatic rings. The SMILES string of the molecule is CC=Cc1ccc([C@H]2[C@@H](CO)N(c3nc(CC)cs3)[C@H]2C#N)cc1. The average molecular weight is 339 g/mol. The summed E-state index contributed by atoms with van der Waals surface area (Å²) >= 11 is 1.55. The summed E-state index contributed by atoms with van der Waals surface area (Å²) in [6.45, 7) is 4.07. The minimum atomic E-state index is -0.287. The van der Waals surface area contributed by atoms with Crippen LogP contribution in [0.5, 0.6) is 0 Å². The van der Waals surface area contributed by atoms with Gasteiger partial charge in [-0.25, -0.2) is 4.98 Å². The van der Waals surface area contributed by atoms with E-state index in [0.717, 1.165) is 28.4 Å². The van der Waals surface area contributed by atoms with Gasteiger partial charge in [0.25, 0.3) is 0 Å². The summed E-state index contributed by atoms with van der Waals surface area (Å²) in [7, 11) is 0. The number of allylic oxidation sites excluding steroid dienone is 1. The first-order valence-electron chi connectivity index (χ1n) is 8.19. The van der Waals surface area contributed by atoms with E-state index in [2.05, 4.69) is 42.2 Å². The molecule has 4 nitrogen and oxygen atoms in total. The van der Waals surface area contributed by atoms with Crippen LogP contribution in [0.3, 0.4) is 0 Å². The van der Waals surface area contributed by atoms with Crippen LogP contribution in [-0.4, -0.2) is 28.8 Å². The van der Waals surface area contributed by atoms with Crippen LogP contribution in [0, 0.1) is 11.3 Å². The molecule has 0 spiro atoms. The molecule has 2 heterocycles. The molecule has 2 aromatic rings. The first-order chi connectivity index (χ1) is 11.7. The van der Waals surface area contributed by atoms with E-state index in [9.17, 15) is 10.4 Å². The van der Waals surface area contributed by atoms with E-state index in [4.69, 9.17) is 0 Å². The maximum absolute atomic E-state index is 9.88. The summed E-state index contributed by atoms with van der Waals surface area (Å²) in [4.78, 5) is 6.55. The second kappa shape index (κ2) is 7.16. The summed E-state index contributed by atoms with van der Waals surface area (Å²) in [5, 5.41) is 22.4. The van der Waals surface area contributed by atoms with Gasteiger partial charge in [0.1, 0.15) is 6.04 Å². The molecule has 3 rings (SSSR count). The van der Waals surface area contributed by atoms with Crippen molar-refractivity contribution in [1.29, 1.82) is 5.26 Å². The molecule has 0 bridgehead atoms. The van der Waals surface area contributed by atoms with E-state index in [1.165, 1.54) is 0 Å². The maximum Gasteiger partial charge on any atom is 0.186 e. The molecule has 0 saturated carbocycles. The Morgan fingerprint density at radius 1 is 1.38 bits per heavy atom. The van der Waals surface area contributed by atoms with E-state index in [0.29, 0.717) is 0 Å². The van der Waals surface area contributed by atoms with Crippen molar-refractivity contribution in [2.75, 3.05) is 11.5 Å². The van der Waals surface area contributed by atoms with Crippen LogP contribution in [0.1, 0.15) is 36.6 Å². The fourth-order valence-corrected chi connectivity index (χ4v) is 4.27. The number of aliphatic hydroxyl groups excluding tert-OH is 1. The predicted octanol–water partition coefficient (Wildman–Crippen LogP) is 3.60. The van der Waals surface area contributed by atoms with E-state index in [-0.39, 0.29) is 24.6 Å². The van der Waals surface area contributed by atoms with Gasteiger partial charge in [0.15, 0.2) is 5.13 Å². The van der Waals surface area contributed by atoms with Gasteiger partial charge in [-0.1, -0.05) is 43.3 Å². The zero-order valence-electron chi connectivity index (χ0n) is 13.9. The highest BCUT2D eigenvalue weighted by atomic mass is 32.1. The Balaban J connectivity index is 1.87.